The van der Waals surface area contributed by atoms with Crippen LogP contribution in [-0.4, -0.2) is 26.9 Å². The number of hydrogen-bond acceptors (Lipinski definition) is 3. The van der Waals surface area contributed by atoms with Crippen LogP contribution in [0, 0.1) is 6.92 Å². The molecule has 3 heteroatoms. The van der Waals surface area contributed by atoms with Crippen molar-refractivity contribution in [1.82, 2.24) is 5.32 Å². The van der Waals surface area contributed by atoms with E-state index >= 15 is 0 Å². The molecule has 0 saturated carbocycles. The molecule has 1 N–H and O–H groups in total. The molecule has 0 saturated heterocycles. The first-order valence-electron chi connectivity index (χ1n) is 7.68. The molecule has 1 aromatic carbocycles. The van der Waals surface area contributed by atoms with Gasteiger partial charge in [0.05, 0.1) is 7.11 Å². The van der Waals surface area contributed by atoms with E-state index in [1.165, 1.54) is 11.1 Å². The van der Waals surface area contributed by atoms with Crippen LogP contribution in [0.1, 0.15) is 50.3 Å². The molecule has 0 amide bonds. The first-order chi connectivity index (χ1) is 9.72. The Labute approximate surface area is 123 Å². The average Bonchev–Trinajstić information content (AvgIpc) is 2.46. The summed E-state index contributed by atoms with van der Waals surface area (Å²) in [7, 11) is 1.74. The fourth-order valence-corrected chi connectivity index (χ4v) is 2.35. The summed E-state index contributed by atoms with van der Waals surface area (Å²) >= 11 is 0. The second-order valence-electron chi connectivity index (χ2n) is 5.09. The first kappa shape index (κ1) is 17.0. The SMILES string of the molecule is CCCNC(CCCOCC)c1cc(C)ccc1OC. The molecule has 0 fully saturated rings. The van der Waals surface area contributed by atoms with Crippen molar-refractivity contribution in [3.8, 4) is 5.75 Å². The van der Waals surface area contributed by atoms with Gasteiger partial charge >= 0.3 is 0 Å². The number of methoxy groups -OCH3 is 1. The van der Waals surface area contributed by atoms with E-state index in [4.69, 9.17) is 9.47 Å². The molecule has 1 atom stereocenters. The molecule has 20 heavy (non-hydrogen) atoms. The largest absolute Gasteiger partial charge is 0.496 e. The summed E-state index contributed by atoms with van der Waals surface area (Å²) in [5.41, 5.74) is 2.53. The van der Waals surface area contributed by atoms with Gasteiger partial charge in [0.15, 0.2) is 0 Å². The van der Waals surface area contributed by atoms with E-state index in [9.17, 15) is 0 Å². The monoisotopic (exact) mass is 279 g/mol. The minimum Gasteiger partial charge on any atom is -0.496 e. The van der Waals surface area contributed by atoms with Crippen molar-refractivity contribution in [3.05, 3.63) is 29.3 Å². The van der Waals surface area contributed by atoms with Crippen molar-refractivity contribution < 1.29 is 9.47 Å². The average molecular weight is 279 g/mol. The Kier molecular flexibility index (Phi) is 8.31. The van der Waals surface area contributed by atoms with Crippen LogP contribution >= 0.6 is 0 Å². The number of hydrogen-bond donors (Lipinski definition) is 1. The zero-order valence-electron chi connectivity index (χ0n) is 13.4. The molecule has 0 radical (unpaired) electrons. The predicted molar refractivity (Wildman–Crippen MR) is 84.5 cm³/mol. The number of rotatable bonds is 10. The minimum absolute atomic E-state index is 0.338. The fourth-order valence-electron chi connectivity index (χ4n) is 2.35. The molecule has 0 bridgehead atoms. The van der Waals surface area contributed by atoms with Gasteiger partial charge < -0.3 is 14.8 Å². The van der Waals surface area contributed by atoms with E-state index in [1.54, 1.807) is 7.11 Å². The van der Waals surface area contributed by atoms with Gasteiger partial charge in [0, 0.05) is 24.8 Å². The highest BCUT2D eigenvalue weighted by Gasteiger charge is 2.15. The van der Waals surface area contributed by atoms with Crippen LogP contribution < -0.4 is 10.1 Å². The van der Waals surface area contributed by atoms with Crippen molar-refractivity contribution in [2.45, 2.75) is 46.1 Å². The van der Waals surface area contributed by atoms with Gasteiger partial charge in [-0.3, -0.25) is 0 Å². The molecular formula is C17H29NO2. The number of benzene rings is 1. The van der Waals surface area contributed by atoms with Crippen LogP contribution in [0.2, 0.25) is 0 Å². The summed E-state index contributed by atoms with van der Waals surface area (Å²) in [5, 5.41) is 3.63. The van der Waals surface area contributed by atoms with Crippen molar-refractivity contribution in [2.75, 3.05) is 26.9 Å². The fraction of sp³-hybridized carbons (Fsp3) is 0.647. The molecule has 0 aromatic heterocycles. The standard InChI is InChI=1S/C17H29NO2/c1-5-11-18-16(8-7-12-20-6-2)15-13-14(3)9-10-17(15)19-4/h9-10,13,16,18H,5-8,11-12H2,1-4H3. The van der Waals surface area contributed by atoms with Gasteiger partial charge in [0.25, 0.3) is 0 Å². The molecule has 114 valence electrons. The number of nitrogens with one attached hydrogen (secondary N) is 1. The minimum atomic E-state index is 0.338. The van der Waals surface area contributed by atoms with Crippen molar-refractivity contribution in [1.29, 1.82) is 0 Å². The summed E-state index contributed by atoms with van der Waals surface area (Å²) in [4.78, 5) is 0. The summed E-state index contributed by atoms with van der Waals surface area (Å²) < 4.78 is 11.0. The van der Waals surface area contributed by atoms with Crippen LogP contribution in [-0.2, 0) is 4.74 Å². The van der Waals surface area contributed by atoms with Crippen molar-refractivity contribution >= 4 is 0 Å². The van der Waals surface area contributed by atoms with Crippen LogP contribution in [0.3, 0.4) is 0 Å². The molecule has 0 aliphatic heterocycles. The molecule has 1 unspecified atom stereocenters. The van der Waals surface area contributed by atoms with Crippen LogP contribution in [0.25, 0.3) is 0 Å². The Balaban J connectivity index is 2.77. The zero-order chi connectivity index (χ0) is 14.8. The third-order valence-electron chi connectivity index (χ3n) is 3.39. The summed E-state index contributed by atoms with van der Waals surface area (Å²) in [6.45, 7) is 9.00. The molecule has 0 aliphatic rings. The molecule has 0 aliphatic carbocycles. The zero-order valence-corrected chi connectivity index (χ0v) is 13.4. The number of ether oxygens (including phenoxy) is 2. The Morgan fingerprint density at radius 1 is 1.25 bits per heavy atom. The summed E-state index contributed by atoms with van der Waals surface area (Å²) in [5.74, 6) is 0.973. The summed E-state index contributed by atoms with van der Waals surface area (Å²) in [6, 6.07) is 6.73. The van der Waals surface area contributed by atoms with Gasteiger partial charge in [-0.25, -0.2) is 0 Å². The van der Waals surface area contributed by atoms with Gasteiger partial charge in [-0.05, 0) is 45.7 Å². The van der Waals surface area contributed by atoms with Gasteiger partial charge in [-0.1, -0.05) is 24.6 Å². The first-order valence-corrected chi connectivity index (χ1v) is 7.68. The second-order valence-corrected chi connectivity index (χ2v) is 5.09. The smallest absolute Gasteiger partial charge is 0.123 e. The van der Waals surface area contributed by atoms with E-state index in [1.807, 2.05) is 6.92 Å². The van der Waals surface area contributed by atoms with Crippen molar-refractivity contribution in [3.63, 3.8) is 0 Å². The normalized spacial score (nSPS) is 12.4. The molecule has 0 heterocycles. The van der Waals surface area contributed by atoms with Gasteiger partial charge in [-0.15, -0.1) is 0 Å². The highest BCUT2D eigenvalue weighted by Crippen LogP contribution is 2.29. The molecule has 0 spiro atoms. The maximum atomic E-state index is 5.52. The van der Waals surface area contributed by atoms with Gasteiger partial charge in [-0.2, -0.15) is 0 Å². The van der Waals surface area contributed by atoms with Crippen LogP contribution in [0.15, 0.2) is 18.2 Å². The third kappa shape index (κ3) is 5.51. The molecular weight excluding hydrogens is 250 g/mol. The lowest BCUT2D eigenvalue weighted by Gasteiger charge is -2.22. The lowest BCUT2D eigenvalue weighted by atomic mass is 9.99. The molecule has 3 nitrogen and oxygen atoms in total. The quantitative estimate of drug-likeness (QED) is 0.660. The lowest BCUT2D eigenvalue weighted by Crippen LogP contribution is -2.23. The highest BCUT2D eigenvalue weighted by molar-refractivity contribution is 5.39. The van der Waals surface area contributed by atoms with E-state index in [-0.39, 0.29) is 0 Å². The van der Waals surface area contributed by atoms with Crippen molar-refractivity contribution in [2.24, 2.45) is 0 Å². The Hall–Kier alpha value is -1.06. The maximum absolute atomic E-state index is 5.52. The lowest BCUT2D eigenvalue weighted by molar-refractivity contribution is 0.140. The van der Waals surface area contributed by atoms with E-state index in [0.717, 1.165) is 44.8 Å². The number of aryl methyl sites for hydroxylation is 1. The van der Waals surface area contributed by atoms with E-state index < -0.39 is 0 Å². The maximum Gasteiger partial charge on any atom is 0.123 e. The van der Waals surface area contributed by atoms with Gasteiger partial charge in [0.2, 0.25) is 0 Å². The summed E-state index contributed by atoms with van der Waals surface area (Å²) in [6.07, 6.45) is 3.27. The Bertz CT molecular complexity index is 379. The Morgan fingerprint density at radius 3 is 2.70 bits per heavy atom. The molecule has 1 aromatic rings. The predicted octanol–water partition coefficient (Wildman–Crippen LogP) is 3.86. The highest BCUT2D eigenvalue weighted by atomic mass is 16.5. The molecule has 1 rings (SSSR count). The Morgan fingerprint density at radius 2 is 2.05 bits per heavy atom. The van der Waals surface area contributed by atoms with Crippen LogP contribution in [0.4, 0.5) is 0 Å². The topological polar surface area (TPSA) is 30.5 Å². The second kappa shape index (κ2) is 9.78. The van der Waals surface area contributed by atoms with E-state index in [2.05, 4.69) is 37.4 Å². The van der Waals surface area contributed by atoms with E-state index in [0.29, 0.717) is 6.04 Å². The third-order valence-corrected chi connectivity index (χ3v) is 3.39. The van der Waals surface area contributed by atoms with Crippen LogP contribution in [0.5, 0.6) is 5.75 Å². The van der Waals surface area contributed by atoms with Gasteiger partial charge in [0.1, 0.15) is 5.75 Å².